The second-order valence-electron chi connectivity index (χ2n) is 10.7. The van der Waals surface area contributed by atoms with E-state index in [0.717, 1.165) is 26.2 Å². The maximum absolute atomic E-state index is 14.6. The molecule has 2 aliphatic heterocycles. The summed E-state index contributed by atoms with van der Waals surface area (Å²) >= 11 is 0. The minimum absolute atomic E-state index is 0.0442. The Labute approximate surface area is 239 Å². The summed E-state index contributed by atoms with van der Waals surface area (Å²) in [5.41, 5.74) is -2.93. The number of hydrogen-bond acceptors (Lipinski definition) is 7. The Hall–Kier alpha value is -3.36. The van der Waals surface area contributed by atoms with Gasteiger partial charge < -0.3 is 29.7 Å². The highest BCUT2D eigenvalue weighted by atomic mass is 19.4. The van der Waals surface area contributed by atoms with Gasteiger partial charge in [-0.1, -0.05) is 13.0 Å². The van der Waals surface area contributed by atoms with Gasteiger partial charge >= 0.3 is 6.18 Å². The van der Waals surface area contributed by atoms with Crippen LogP contribution in [0.25, 0.3) is 0 Å². The van der Waals surface area contributed by atoms with Crippen molar-refractivity contribution in [2.75, 3.05) is 39.2 Å². The predicted octanol–water partition coefficient (Wildman–Crippen LogP) is 3.90. The quantitative estimate of drug-likeness (QED) is 0.444. The van der Waals surface area contributed by atoms with Crippen LogP contribution in [0.4, 0.5) is 27.6 Å². The number of benzene rings is 1. The average Bonchev–Trinajstić information content (AvgIpc) is 3.41. The molecule has 0 unspecified atom stereocenters. The maximum atomic E-state index is 14.6. The molecule has 3 heterocycles. The molecule has 14 heteroatoms. The van der Waals surface area contributed by atoms with Crippen molar-refractivity contribution in [2.24, 2.45) is 5.92 Å². The van der Waals surface area contributed by atoms with Gasteiger partial charge in [-0.3, -0.25) is 14.6 Å². The molecule has 0 radical (unpaired) electrons. The fourth-order valence-electron chi connectivity index (χ4n) is 5.61. The number of rotatable bonds is 8. The minimum Gasteiger partial charge on any atom is -0.493 e. The molecule has 9 nitrogen and oxygen atoms in total. The summed E-state index contributed by atoms with van der Waals surface area (Å²) in [4.78, 5) is 32.5. The number of carbonyl (C=O) groups is 2. The number of anilines is 1. The average molecular weight is 601 g/mol. The van der Waals surface area contributed by atoms with Crippen LogP contribution in [-0.2, 0) is 14.3 Å². The number of likely N-dealkylation sites (tertiary alicyclic amines) is 1. The normalized spacial score (nSPS) is 28.1. The molecule has 1 aromatic carbocycles. The molecule has 6 atom stereocenters. The monoisotopic (exact) mass is 600 g/mol. The van der Waals surface area contributed by atoms with Crippen molar-refractivity contribution >= 4 is 17.5 Å². The molecular weight excluding hydrogens is 567 g/mol. The van der Waals surface area contributed by atoms with E-state index in [1.54, 1.807) is 0 Å². The summed E-state index contributed by atoms with van der Waals surface area (Å²) < 4.78 is 87.2. The molecule has 230 valence electrons. The molecule has 4 rings (SSSR count). The molecule has 2 fully saturated rings. The third kappa shape index (κ3) is 5.92. The zero-order valence-corrected chi connectivity index (χ0v) is 23.7. The van der Waals surface area contributed by atoms with Crippen molar-refractivity contribution in [2.45, 2.75) is 56.7 Å². The Morgan fingerprint density at radius 3 is 2.57 bits per heavy atom. The van der Waals surface area contributed by atoms with Crippen LogP contribution in [0.2, 0.25) is 0 Å². The van der Waals surface area contributed by atoms with Gasteiger partial charge in [-0.15, -0.1) is 0 Å². The van der Waals surface area contributed by atoms with Gasteiger partial charge in [0, 0.05) is 49.0 Å². The topological polar surface area (TPSA) is 102 Å². The Morgan fingerprint density at radius 1 is 1.21 bits per heavy atom. The van der Waals surface area contributed by atoms with E-state index in [2.05, 4.69) is 15.6 Å². The molecule has 2 aromatic rings. The molecule has 1 aromatic heterocycles. The first-order chi connectivity index (χ1) is 19.7. The second kappa shape index (κ2) is 12.1. The molecule has 42 heavy (non-hydrogen) atoms. The molecule has 2 saturated heterocycles. The Bertz CT molecular complexity index is 1330. The van der Waals surface area contributed by atoms with E-state index in [1.807, 2.05) is 18.9 Å². The molecule has 2 amide bonds. The molecule has 2 aliphatic rings. The standard InChI is InChI=1S/C28H33F5N4O5/c1-6-41-20-13-37(4)12-19(20)36-25(38)18-11-15(9-10-34-18)35-26(39)24-21(14(2)27(3,42-24)28(31,32)33)16-7-8-17(29)22(30)23(16)40-5/h7-11,14,19-21,24H,6,12-13H2,1-5H3,(H,36,38)(H,34,35,39)/t14-,19-,20-,21-,24+,27+/m0/s1. The number of amides is 2. The van der Waals surface area contributed by atoms with Crippen LogP contribution in [0.3, 0.4) is 0 Å². The lowest BCUT2D eigenvalue weighted by Crippen LogP contribution is -2.47. The van der Waals surface area contributed by atoms with Gasteiger partial charge in [-0.05, 0) is 39.1 Å². The van der Waals surface area contributed by atoms with Crippen LogP contribution in [-0.4, -0.2) is 85.6 Å². The Kier molecular flexibility index (Phi) is 9.09. The second-order valence-corrected chi connectivity index (χ2v) is 10.7. The highest BCUT2D eigenvalue weighted by Crippen LogP contribution is 2.55. The van der Waals surface area contributed by atoms with Crippen molar-refractivity contribution in [3.63, 3.8) is 0 Å². The Morgan fingerprint density at radius 2 is 1.93 bits per heavy atom. The molecule has 0 bridgehead atoms. The number of halogens is 5. The summed E-state index contributed by atoms with van der Waals surface area (Å²) in [6.07, 6.45) is -5.64. The van der Waals surface area contributed by atoms with E-state index in [0.29, 0.717) is 19.7 Å². The number of hydrogen-bond donors (Lipinski definition) is 2. The molecule has 0 aliphatic carbocycles. The van der Waals surface area contributed by atoms with Crippen molar-refractivity contribution in [1.29, 1.82) is 0 Å². The zero-order chi connectivity index (χ0) is 31.0. The van der Waals surface area contributed by atoms with E-state index >= 15 is 0 Å². The fraction of sp³-hybridized carbons (Fsp3) is 0.536. The summed E-state index contributed by atoms with van der Waals surface area (Å²) in [6.45, 7) is 5.52. The van der Waals surface area contributed by atoms with E-state index in [9.17, 15) is 31.5 Å². The maximum Gasteiger partial charge on any atom is 0.417 e. The van der Waals surface area contributed by atoms with Gasteiger partial charge in [0.25, 0.3) is 11.8 Å². The van der Waals surface area contributed by atoms with Gasteiger partial charge in [0.15, 0.2) is 17.2 Å². The minimum atomic E-state index is -4.90. The van der Waals surface area contributed by atoms with E-state index < -0.39 is 58.9 Å². The number of ether oxygens (including phenoxy) is 3. The first kappa shape index (κ1) is 31.6. The van der Waals surface area contributed by atoms with Crippen molar-refractivity contribution in [3.05, 3.63) is 53.4 Å². The number of nitrogens with zero attached hydrogens (tertiary/aromatic N) is 2. The number of nitrogens with one attached hydrogen (secondary N) is 2. The van der Waals surface area contributed by atoms with Crippen LogP contribution in [0.5, 0.6) is 5.75 Å². The van der Waals surface area contributed by atoms with E-state index in [-0.39, 0.29) is 29.1 Å². The van der Waals surface area contributed by atoms with Crippen LogP contribution in [0.1, 0.15) is 42.7 Å². The number of alkyl halides is 3. The lowest BCUT2D eigenvalue weighted by Gasteiger charge is -2.32. The molecule has 2 N–H and O–H groups in total. The van der Waals surface area contributed by atoms with Crippen LogP contribution in [0, 0.1) is 17.6 Å². The highest BCUT2D eigenvalue weighted by molar-refractivity contribution is 5.98. The first-order valence-corrected chi connectivity index (χ1v) is 13.4. The summed E-state index contributed by atoms with van der Waals surface area (Å²) in [5.74, 6) is -7.58. The van der Waals surface area contributed by atoms with Crippen LogP contribution in [0.15, 0.2) is 30.5 Å². The molecular formula is C28H33F5N4O5. The smallest absolute Gasteiger partial charge is 0.417 e. The van der Waals surface area contributed by atoms with Gasteiger partial charge in [0.2, 0.25) is 5.82 Å². The summed E-state index contributed by atoms with van der Waals surface area (Å²) in [5, 5.41) is 5.36. The third-order valence-electron chi connectivity index (χ3n) is 7.98. The predicted molar refractivity (Wildman–Crippen MR) is 141 cm³/mol. The number of likely N-dealkylation sites (N-methyl/N-ethyl adjacent to an activating group) is 1. The van der Waals surface area contributed by atoms with Gasteiger partial charge in [0.1, 0.15) is 11.8 Å². The van der Waals surface area contributed by atoms with E-state index in [4.69, 9.17) is 14.2 Å². The van der Waals surface area contributed by atoms with Gasteiger partial charge in [0.05, 0.1) is 19.3 Å². The molecule has 0 spiro atoms. The Balaban J connectivity index is 1.60. The largest absolute Gasteiger partial charge is 0.493 e. The SMILES string of the molecule is CCO[C@H]1CN(C)C[C@@H]1NC(=O)c1cc(NC(=O)[C@@H]2O[C@@](C)(C(F)(F)F)[C@@H](C)[C@H]2c2ccc(F)c(F)c2OC)ccn1. The number of carbonyl (C=O) groups excluding carboxylic acids is 2. The lowest BCUT2D eigenvalue weighted by atomic mass is 9.77. The van der Waals surface area contributed by atoms with Crippen molar-refractivity contribution in [3.8, 4) is 5.75 Å². The van der Waals surface area contributed by atoms with Crippen molar-refractivity contribution < 1.29 is 45.8 Å². The summed E-state index contributed by atoms with van der Waals surface area (Å²) in [6, 6.07) is 4.16. The van der Waals surface area contributed by atoms with Crippen LogP contribution >= 0.6 is 0 Å². The first-order valence-electron chi connectivity index (χ1n) is 13.4. The third-order valence-corrected chi connectivity index (χ3v) is 7.98. The number of pyridine rings is 1. The number of methoxy groups -OCH3 is 1. The van der Waals surface area contributed by atoms with Crippen molar-refractivity contribution in [1.82, 2.24) is 15.2 Å². The number of aromatic nitrogens is 1. The molecule has 0 saturated carbocycles. The van der Waals surface area contributed by atoms with Crippen LogP contribution < -0.4 is 15.4 Å². The summed E-state index contributed by atoms with van der Waals surface area (Å²) in [7, 11) is 2.94. The lowest BCUT2D eigenvalue weighted by molar-refractivity contribution is -0.272. The highest BCUT2D eigenvalue weighted by Gasteiger charge is 2.66. The van der Waals surface area contributed by atoms with Gasteiger partial charge in [-0.25, -0.2) is 4.39 Å². The zero-order valence-electron chi connectivity index (χ0n) is 23.7. The fourth-order valence-corrected chi connectivity index (χ4v) is 5.61. The van der Waals surface area contributed by atoms with Gasteiger partial charge in [-0.2, -0.15) is 17.6 Å². The van der Waals surface area contributed by atoms with E-state index in [1.165, 1.54) is 25.3 Å².